The number of aliphatic imine (C=N–C) groups is 1. The Kier molecular flexibility index (Phi) is 5.82. The van der Waals surface area contributed by atoms with Crippen LogP contribution in [0, 0.1) is 11.8 Å². The third-order valence-electron chi connectivity index (χ3n) is 5.28. The van der Waals surface area contributed by atoms with Crippen LogP contribution in [0.4, 0.5) is 0 Å². The summed E-state index contributed by atoms with van der Waals surface area (Å²) in [5.41, 5.74) is 4.90. The molecule has 1 aromatic carbocycles. The molecule has 1 heterocycles. The average Bonchev–Trinajstić information content (AvgIpc) is 2.71. The molecule has 0 spiro atoms. The van der Waals surface area contributed by atoms with Crippen LogP contribution in [0.3, 0.4) is 0 Å². The molecule has 1 atom stereocenters. The number of benzene rings is 1. The Morgan fingerprint density at radius 2 is 1.71 bits per heavy atom. The zero-order chi connectivity index (χ0) is 20.4. The third kappa shape index (κ3) is 3.93. The summed E-state index contributed by atoms with van der Waals surface area (Å²) >= 11 is 0. The Labute approximate surface area is 166 Å². The number of Topliss-reactive ketones (excluding diaryl/α,β-unsaturated/α-hetero) is 1. The predicted molar refractivity (Wildman–Crippen MR) is 110 cm³/mol. The predicted octanol–water partition coefficient (Wildman–Crippen LogP) is 4.31. The van der Waals surface area contributed by atoms with Gasteiger partial charge in [0, 0.05) is 22.5 Å². The second-order valence-corrected chi connectivity index (χ2v) is 7.99. The van der Waals surface area contributed by atoms with E-state index in [4.69, 9.17) is 9.73 Å². The molecule has 0 saturated carbocycles. The van der Waals surface area contributed by atoms with Crippen molar-refractivity contribution in [1.82, 2.24) is 5.32 Å². The lowest BCUT2D eigenvalue weighted by Crippen LogP contribution is -2.45. The van der Waals surface area contributed by atoms with Crippen molar-refractivity contribution in [2.24, 2.45) is 16.8 Å². The number of ether oxygens (including phenoxy) is 1. The van der Waals surface area contributed by atoms with E-state index in [0.717, 1.165) is 29.1 Å². The van der Waals surface area contributed by atoms with Gasteiger partial charge < -0.3 is 10.1 Å². The van der Waals surface area contributed by atoms with Crippen molar-refractivity contribution in [3.63, 3.8) is 0 Å². The van der Waals surface area contributed by atoms with Gasteiger partial charge in [-0.2, -0.15) is 0 Å². The fourth-order valence-corrected chi connectivity index (χ4v) is 3.66. The number of nitrogens with zero attached hydrogens (tertiary/aromatic N) is 1. The van der Waals surface area contributed by atoms with Gasteiger partial charge in [-0.3, -0.25) is 9.79 Å². The van der Waals surface area contributed by atoms with Crippen molar-refractivity contribution in [2.45, 2.75) is 46.6 Å². The molecule has 5 nitrogen and oxygen atoms in total. The van der Waals surface area contributed by atoms with Gasteiger partial charge in [0.1, 0.15) is 0 Å². The van der Waals surface area contributed by atoms with Gasteiger partial charge >= 0.3 is 5.97 Å². The summed E-state index contributed by atoms with van der Waals surface area (Å²) in [6.07, 6.45) is 3.38. The molecule has 0 bridgehead atoms. The van der Waals surface area contributed by atoms with E-state index in [0.29, 0.717) is 29.4 Å². The van der Waals surface area contributed by atoms with E-state index in [1.54, 1.807) is 24.3 Å². The first-order valence-electron chi connectivity index (χ1n) is 9.83. The van der Waals surface area contributed by atoms with Gasteiger partial charge in [0.15, 0.2) is 5.78 Å². The van der Waals surface area contributed by atoms with Gasteiger partial charge in [-0.25, -0.2) is 4.79 Å². The number of rotatable bonds is 5. The largest absolute Gasteiger partial charge is 0.465 e. The van der Waals surface area contributed by atoms with Gasteiger partial charge in [0.05, 0.1) is 24.4 Å². The summed E-state index contributed by atoms with van der Waals surface area (Å²) in [4.78, 5) is 29.4. The third-order valence-corrected chi connectivity index (χ3v) is 5.28. The van der Waals surface area contributed by atoms with Crippen molar-refractivity contribution < 1.29 is 14.3 Å². The second-order valence-electron chi connectivity index (χ2n) is 7.99. The molecule has 1 N–H and O–H groups in total. The highest BCUT2D eigenvalue weighted by molar-refractivity contribution is 6.09. The topological polar surface area (TPSA) is 67.8 Å². The maximum Gasteiger partial charge on any atom is 0.337 e. The first kappa shape index (κ1) is 20.1. The minimum atomic E-state index is -0.408. The zero-order valence-corrected chi connectivity index (χ0v) is 17.2. The van der Waals surface area contributed by atoms with Gasteiger partial charge in [-0.1, -0.05) is 39.8 Å². The molecule has 1 aliphatic carbocycles. The molecule has 0 fully saturated rings. The molecule has 3 rings (SSSR count). The molecule has 1 aliphatic heterocycles. The Morgan fingerprint density at radius 1 is 1.07 bits per heavy atom. The van der Waals surface area contributed by atoms with Crippen LogP contribution in [-0.2, 0) is 4.74 Å². The van der Waals surface area contributed by atoms with E-state index in [2.05, 4.69) is 33.0 Å². The van der Waals surface area contributed by atoms with Crippen LogP contribution in [0.1, 0.15) is 61.3 Å². The number of allylic oxidation sites excluding steroid dienone is 3. The first-order valence-corrected chi connectivity index (χ1v) is 9.83. The van der Waals surface area contributed by atoms with Crippen molar-refractivity contribution in [1.29, 1.82) is 0 Å². The van der Waals surface area contributed by atoms with Crippen molar-refractivity contribution >= 4 is 17.5 Å². The molecule has 28 heavy (non-hydrogen) atoms. The van der Waals surface area contributed by atoms with E-state index < -0.39 is 5.97 Å². The monoisotopic (exact) mass is 380 g/mol. The number of carbonyl (C=O) groups is 2. The molecule has 2 aliphatic rings. The molecule has 0 aromatic heterocycles. The fourth-order valence-electron chi connectivity index (χ4n) is 3.66. The Balaban J connectivity index is 1.86. The highest BCUT2D eigenvalue weighted by Crippen LogP contribution is 2.31. The van der Waals surface area contributed by atoms with E-state index >= 15 is 0 Å². The molecule has 0 saturated heterocycles. The first-order chi connectivity index (χ1) is 13.3. The van der Waals surface area contributed by atoms with Gasteiger partial charge in [0.2, 0.25) is 0 Å². The Hall–Kier alpha value is -2.69. The molecule has 0 radical (unpaired) electrons. The van der Waals surface area contributed by atoms with Crippen LogP contribution in [0.5, 0.6) is 0 Å². The lowest BCUT2D eigenvalue weighted by atomic mass is 9.87. The molecular weight excluding hydrogens is 352 g/mol. The quantitative estimate of drug-likeness (QED) is 0.610. The van der Waals surface area contributed by atoms with Crippen molar-refractivity contribution in [3.05, 3.63) is 58.4 Å². The van der Waals surface area contributed by atoms with Crippen LogP contribution < -0.4 is 5.32 Å². The minimum absolute atomic E-state index is 0.0183. The molecule has 0 amide bonds. The highest BCUT2D eigenvalue weighted by Gasteiger charge is 2.30. The Morgan fingerprint density at radius 3 is 2.29 bits per heavy atom. The number of hydrogen-bond donors (Lipinski definition) is 1. The number of hydrogen-bond acceptors (Lipinski definition) is 5. The maximum atomic E-state index is 12.9. The summed E-state index contributed by atoms with van der Waals surface area (Å²) in [7, 11) is 1.34. The molecule has 1 aromatic rings. The molecule has 148 valence electrons. The number of methoxy groups -OCH3 is 1. The standard InChI is InChI=1S/C23H28N2O3/c1-13(2)20-21(14(3)4)25-19-12-17(10-11-18(19)24-20)22(26)15-6-8-16(9-7-15)23(27)28-5/h6-9,12-14,20,24H,10-11H2,1-5H3. The van der Waals surface area contributed by atoms with Crippen molar-refractivity contribution in [2.75, 3.05) is 7.11 Å². The number of nitrogens with one attached hydrogen (secondary N) is 1. The number of ketones is 1. The summed E-state index contributed by atoms with van der Waals surface area (Å²) in [6.45, 7) is 8.71. The number of carbonyl (C=O) groups excluding carboxylic acids is 2. The van der Waals surface area contributed by atoms with E-state index in [9.17, 15) is 9.59 Å². The molecular formula is C23H28N2O3. The van der Waals surface area contributed by atoms with Gasteiger partial charge in [-0.05, 0) is 42.9 Å². The smallest absolute Gasteiger partial charge is 0.337 e. The number of esters is 1. The summed E-state index contributed by atoms with van der Waals surface area (Å²) in [6, 6.07) is 6.84. The van der Waals surface area contributed by atoms with E-state index in [1.165, 1.54) is 7.11 Å². The van der Waals surface area contributed by atoms with E-state index in [-0.39, 0.29) is 11.8 Å². The maximum absolute atomic E-state index is 12.9. The SMILES string of the molecule is COC(=O)c1ccc(C(=O)C2=CC3=C(CC2)NC(C(C)C)C(C(C)C)=N3)cc1. The summed E-state index contributed by atoms with van der Waals surface area (Å²) < 4.78 is 4.70. The van der Waals surface area contributed by atoms with Gasteiger partial charge in [-0.15, -0.1) is 0 Å². The van der Waals surface area contributed by atoms with Crippen LogP contribution in [-0.4, -0.2) is 30.6 Å². The minimum Gasteiger partial charge on any atom is -0.465 e. The average molecular weight is 380 g/mol. The van der Waals surface area contributed by atoms with Gasteiger partial charge in [0.25, 0.3) is 0 Å². The van der Waals surface area contributed by atoms with Crippen molar-refractivity contribution in [3.8, 4) is 0 Å². The Bertz CT molecular complexity index is 874. The molecule has 1 unspecified atom stereocenters. The lowest BCUT2D eigenvalue weighted by molar-refractivity contribution is 0.0600. The second kappa shape index (κ2) is 8.13. The lowest BCUT2D eigenvalue weighted by Gasteiger charge is -2.34. The van der Waals surface area contributed by atoms with Crippen LogP contribution in [0.15, 0.2) is 52.3 Å². The van der Waals surface area contributed by atoms with Crippen LogP contribution >= 0.6 is 0 Å². The normalized spacial score (nSPS) is 19.0. The zero-order valence-electron chi connectivity index (χ0n) is 17.2. The summed E-state index contributed by atoms with van der Waals surface area (Å²) in [5, 5.41) is 3.65. The highest BCUT2D eigenvalue weighted by atomic mass is 16.5. The van der Waals surface area contributed by atoms with E-state index in [1.807, 2.05) is 6.08 Å². The fraction of sp³-hybridized carbons (Fsp3) is 0.435. The van der Waals surface area contributed by atoms with Crippen LogP contribution in [0.25, 0.3) is 0 Å². The van der Waals surface area contributed by atoms with Crippen LogP contribution in [0.2, 0.25) is 0 Å². The summed E-state index contributed by atoms with van der Waals surface area (Å²) in [5.74, 6) is 0.370. The molecule has 5 heteroatoms.